The van der Waals surface area contributed by atoms with Crippen molar-refractivity contribution in [3.8, 4) is 0 Å². The Labute approximate surface area is 160 Å². The summed E-state index contributed by atoms with van der Waals surface area (Å²) in [5, 5.41) is 3.49. The molecule has 2 aliphatic rings. The van der Waals surface area contributed by atoms with Crippen molar-refractivity contribution < 1.29 is 0 Å². The van der Waals surface area contributed by atoms with Crippen LogP contribution in [-0.2, 0) is 0 Å². The minimum Gasteiger partial charge on any atom is -0.357 e. The Morgan fingerprint density at radius 2 is 2.00 bits per heavy atom. The predicted molar refractivity (Wildman–Crippen MR) is 111 cm³/mol. The molecule has 1 aliphatic carbocycles. The smallest absolute Gasteiger partial charge is 0.193 e. The van der Waals surface area contributed by atoms with Crippen LogP contribution in [0, 0.1) is 5.41 Å². The number of nitrogens with one attached hydrogen (secondary N) is 1. The molecule has 2 fully saturated rings. The van der Waals surface area contributed by atoms with Crippen LogP contribution < -0.4 is 5.32 Å². The highest BCUT2D eigenvalue weighted by molar-refractivity contribution is 14.0. The maximum Gasteiger partial charge on any atom is 0.193 e. The first-order valence-electron chi connectivity index (χ1n) is 9.30. The lowest BCUT2D eigenvalue weighted by Crippen LogP contribution is -2.42. The standard InChI is InChI=1S/C18H36N4.HI/c1-5-19-17(20-12-6-7-13-21(4)16(2)3)22-14-11-18(15-22)9-8-10-18;/h16H,5-15H2,1-4H3,(H,19,20);1H. The van der Waals surface area contributed by atoms with Crippen LogP contribution in [0.5, 0.6) is 0 Å². The first kappa shape index (κ1) is 21.0. The van der Waals surface area contributed by atoms with Crippen LogP contribution in [0.3, 0.4) is 0 Å². The highest BCUT2D eigenvalue weighted by atomic mass is 127. The largest absolute Gasteiger partial charge is 0.357 e. The summed E-state index contributed by atoms with van der Waals surface area (Å²) in [5.41, 5.74) is 0.649. The first-order valence-corrected chi connectivity index (χ1v) is 9.30. The molecule has 1 spiro atoms. The molecule has 1 saturated heterocycles. The average Bonchev–Trinajstić information content (AvgIpc) is 2.91. The molecule has 0 unspecified atom stereocenters. The summed E-state index contributed by atoms with van der Waals surface area (Å²) in [6.07, 6.45) is 8.10. The van der Waals surface area contributed by atoms with Crippen molar-refractivity contribution in [2.24, 2.45) is 10.4 Å². The molecule has 2 rings (SSSR count). The molecule has 0 bridgehead atoms. The fourth-order valence-corrected chi connectivity index (χ4v) is 3.54. The second kappa shape index (κ2) is 10.1. The molecule has 0 aromatic heterocycles. The van der Waals surface area contributed by atoms with Gasteiger partial charge in [-0.3, -0.25) is 4.99 Å². The van der Waals surface area contributed by atoms with Crippen LogP contribution in [-0.4, -0.2) is 61.6 Å². The number of nitrogens with zero attached hydrogens (tertiary/aromatic N) is 3. The van der Waals surface area contributed by atoms with Gasteiger partial charge in [0.15, 0.2) is 5.96 Å². The second-order valence-electron chi connectivity index (χ2n) is 7.54. The summed E-state index contributed by atoms with van der Waals surface area (Å²) in [7, 11) is 2.21. The van der Waals surface area contributed by atoms with Crippen LogP contribution in [0.2, 0.25) is 0 Å². The molecule has 1 aliphatic heterocycles. The third-order valence-corrected chi connectivity index (χ3v) is 5.55. The van der Waals surface area contributed by atoms with E-state index in [-0.39, 0.29) is 24.0 Å². The van der Waals surface area contributed by atoms with Crippen molar-refractivity contribution in [2.45, 2.75) is 65.3 Å². The zero-order valence-electron chi connectivity index (χ0n) is 15.6. The van der Waals surface area contributed by atoms with E-state index >= 15 is 0 Å². The SMILES string of the molecule is CCNC(=NCCCCN(C)C(C)C)N1CCC2(CCC2)C1.I. The summed E-state index contributed by atoms with van der Waals surface area (Å²) < 4.78 is 0. The van der Waals surface area contributed by atoms with E-state index in [0.717, 1.165) is 19.0 Å². The van der Waals surface area contributed by atoms with Gasteiger partial charge in [-0.1, -0.05) is 6.42 Å². The number of halogens is 1. The Kier molecular flexibility index (Phi) is 9.19. The second-order valence-corrected chi connectivity index (χ2v) is 7.54. The van der Waals surface area contributed by atoms with Gasteiger partial charge in [0.25, 0.3) is 0 Å². The zero-order valence-corrected chi connectivity index (χ0v) is 17.9. The van der Waals surface area contributed by atoms with Gasteiger partial charge in [-0.05, 0) is 71.9 Å². The van der Waals surface area contributed by atoms with Gasteiger partial charge in [-0.2, -0.15) is 0 Å². The van der Waals surface area contributed by atoms with Gasteiger partial charge in [0.1, 0.15) is 0 Å². The number of hydrogen-bond acceptors (Lipinski definition) is 2. The molecule has 0 atom stereocenters. The van der Waals surface area contributed by atoms with Crippen molar-refractivity contribution in [2.75, 3.05) is 39.8 Å². The molecular weight excluding hydrogens is 399 g/mol. The van der Waals surface area contributed by atoms with Crippen molar-refractivity contribution in [1.82, 2.24) is 15.1 Å². The summed E-state index contributed by atoms with van der Waals surface area (Å²) in [5.74, 6) is 1.16. The van der Waals surface area contributed by atoms with Crippen LogP contribution >= 0.6 is 24.0 Å². The van der Waals surface area contributed by atoms with Crippen molar-refractivity contribution in [1.29, 1.82) is 0 Å². The average molecular weight is 436 g/mol. The summed E-state index contributed by atoms with van der Waals surface area (Å²) in [4.78, 5) is 9.79. The van der Waals surface area contributed by atoms with E-state index in [9.17, 15) is 0 Å². The molecule has 23 heavy (non-hydrogen) atoms. The van der Waals surface area contributed by atoms with Gasteiger partial charge in [0, 0.05) is 32.2 Å². The summed E-state index contributed by atoms with van der Waals surface area (Å²) in [6.45, 7) is 12.2. The lowest BCUT2D eigenvalue weighted by Gasteiger charge is -2.38. The number of rotatable bonds is 7. The molecule has 0 aromatic rings. The fraction of sp³-hybridized carbons (Fsp3) is 0.944. The number of unbranched alkanes of at least 4 members (excludes halogenated alkanes) is 1. The molecule has 0 amide bonds. The van der Waals surface area contributed by atoms with E-state index in [1.165, 1.54) is 58.2 Å². The van der Waals surface area contributed by atoms with E-state index in [0.29, 0.717) is 11.5 Å². The van der Waals surface area contributed by atoms with E-state index < -0.39 is 0 Å². The number of guanidine groups is 1. The highest BCUT2D eigenvalue weighted by Crippen LogP contribution is 2.47. The topological polar surface area (TPSA) is 30.9 Å². The number of likely N-dealkylation sites (tertiary alicyclic amines) is 1. The van der Waals surface area contributed by atoms with E-state index in [4.69, 9.17) is 4.99 Å². The molecule has 1 saturated carbocycles. The lowest BCUT2D eigenvalue weighted by atomic mass is 9.68. The van der Waals surface area contributed by atoms with Gasteiger partial charge < -0.3 is 15.1 Å². The first-order chi connectivity index (χ1) is 10.6. The van der Waals surface area contributed by atoms with Gasteiger partial charge in [0.2, 0.25) is 0 Å². The Balaban J connectivity index is 0.00000264. The maximum atomic E-state index is 4.87. The summed E-state index contributed by atoms with van der Waals surface area (Å²) in [6, 6.07) is 0.643. The van der Waals surface area contributed by atoms with Crippen molar-refractivity contribution in [3.05, 3.63) is 0 Å². The van der Waals surface area contributed by atoms with Crippen LogP contribution in [0.15, 0.2) is 4.99 Å². The van der Waals surface area contributed by atoms with Crippen LogP contribution in [0.4, 0.5) is 0 Å². The van der Waals surface area contributed by atoms with E-state index in [2.05, 4.69) is 42.9 Å². The van der Waals surface area contributed by atoms with Crippen molar-refractivity contribution >= 4 is 29.9 Å². The van der Waals surface area contributed by atoms with Crippen molar-refractivity contribution in [3.63, 3.8) is 0 Å². The normalized spacial score (nSPS) is 20.1. The molecule has 136 valence electrons. The third kappa shape index (κ3) is 6.07. The van der Waals surface area contributed by atoms with Gasteiger partial charge in [0.05, 0.1) is 0 Å². The Bertz CT molecular complexity index is 366. The minimum atomic E-state index is 0. The Morgan fingerprint density at radius 3 is 2.52 bits per heavy atom. The summed E-state index contributed by atoms with van der Waals surface area (Å²) >= 11 is 0. The monoisotopic (exact) mass is 436 g/mol. The highest BCUT2D eigenvalue weighted by Gasteiger charge is 2.43. The molecule has 0 radical (unpaired) electrons. The lowest BCUT2D eigenvalue weighted by molar-refractivity contribution is 0.151. The molecule has 1 N–H and O–H groups in total. The van der Waals surface area contributed by atoms with Crippen LogP contribution in [0.1, 0.15) is 59.3 Å². The Hall–Kier alpha value is -0.0400. The molecule has 5 heteroatoms. The minimum absolute atomic E-state index is 0. The van der Waals surface area contributed by atoms with E-state index in [1.807, 2.05) is 0 Å². The van der Waals surface area contributed by atoms with Gasteiger partial charge in [-0.15, -0.1) is 24.0 Å². The molecule has 1 heterocycles. The Morgan fingerprint density at radius 1 is 1.26 bits per heavy atom. The number of hydrogen-bond donors (Lipinski definition) is 1. The molecule has 0 aromatic carbocycles. The van der Waals surface area contributed by atoms with Gasteiger partial charge >= 0.3 is 0 Å². The van der Waals surface area contributed by atoms with E-state index in [1.54, 1.807) is 0 Å². The third-order valence-electron chi connectivity index (χ3n) is 5.55. The fourth-order valence-electron chi connectivity index (χ4n) is 3.54. The predicted octanol–water partition coefficient (Wildman–Crippen LogP) is 3.57. The van der Waals surface area contributed by atoms with Gasteiger partial charge in [-0.25, -0.2) is 0 Å². The number of aliphatic imine (C=N–C) groups is 1. The maximum absolute atomic E-state index is 4.87. The molecular formula is C18H37IN4. The zero-order chi connectivity index (χ0) is 16.0. The quantitative estimate of drug-likeness (QED) is 0.287. The molecule has 4 nitrogen and oxygen atoms in total. The van der Waals surface area contributed by atoms with Crippen LogP contribution in [0.25, 0.3) is 0 Å².